The molecule has 0 radical (unpaired) electrons. The van der Waals surface area contributed by atoms with E-state index >= 15 is 0 Å². The smallest absolute Gasteiger partial charge is 0.326 e. The maximum atomic E-state index is 12.0. The first kappa shape index (κ1) is 11.5. The van der Waals surface area contributed by atoms with Crippen molar-refractivity contribution in [1.29, 1.82) is 0 Å². The van der Waals surface area contributed by atoms with Gasteiger partial charge in [-0.05, 0) is 0 Å². The average molecular weight is 240 g/mol. The minimum Gasteiger partial charge on any atom is -0.480 e. The topological polar surface area (TPSA) is 108 Å². The molecule has 2 rings (SSSR count). The molecule has 1 aliphatic heterocycles. The van der Waals surface area contributed by atoms with E-state index in [0.717, 1.165) is 0 Å². The summed E-state index contributed by atoms with van der Waals surface area (Å²) in [6.07, 6.45) is 1.29. The number of carbonyl (C=O) groups is 2. The summed E-state index contributed by atoms with van der Waals surface area (Å²) in [4.78, 5) is 24.3. The summed E-state index contributed by atoms with van der Waals surface area (Å²) in [5.41, 5.74) is 0.105. The quantitative estimate of drug-likeness (QED) is 0.710. The molecule has 8 nitrogen and oxygen atoms in total. The Morgan fingerprint density at radius 3 is 2.94 bits per heavy atom. The minimum absolute atomic E-state index is 0.105. The number of hydrogen-bond donors (Lipinski definition) is 2. The third-order valence-electron chi connectivity index (χ3n) is 2.78. The molecule has 1 fully saturated rings. The summed E-state index contributed by atoms with van der Waals surface area (Å²) in [5, 5.41) is 18.5. The van der Waals surface area contributed by atoms with E-state index in [0.29, 0.717) is 0 Å². The summed E-state index contributed by atoms with van der Waals surface area (Å²) in [7, 11) is 1.49. The molecule has 17 heavy (non-hydrogen) atoms. The van der Waals surface area contributed by atoms with Gasteiger partial charge in [-0.25, -0.2) is 4.79 Å². The fourth-order valence-corrected chi connectivity index (χ4v) is 1.88. The van der Waals surface area contributed by atoms with E-state index in [1.165, 1.54) is 18.2 Å². The van der Waals surface area contributed by atoms with Crippen LogP contribution in [0.2, 0.25) is 0 Å². The van der Waals surface area contributed by atoms with Gasteiger partial charge >= 0.3 is 5.97 Å². The van der Waals surface area contributed by atoms with Crippen LogP contribution in [0.1, 0.15) is 16.9 Å². The number of methoxy groups -OCH3 is 1. The molecule has 1 amide bonds. The molecule has 2 heterocycles. The summed E-state index contributed by atoms with van der Waals surface area (Å²) >= 11 is 0. The summed E-state index contributed by atoms with van der Waals surface area (Å²) in [6.45, 7) is 0.249. The summed E-state index contributed by atoms with van der Waals surface area (Å²) in [6, 6.07) is -0.871. The molecule has 2 N–H and O–H groups in total. The third kappa shape index (κ3) is 2.11. The zero-order valence-corrected chi connectivity index (χ0v) is 9.16. The number of H-pyrrole nitrogens is 1. The number of carboxylic acid groups (broad SMARTS) is 1. The maximum absolute atomic E-state index is 12.0. The molecular formula is C9H12N4O4. The number of nitrogens with one attached hydrogen (secondary N) is 1. The van der Waals surface area contributed by atoms with E-state index < -0.39 is 17.9 Å². The number of hydrogen-bond acceptors (Lipinski definition) is 5. The van der Waals surface area contributed by atoms with Crippen LogP contribution < -0.4 is 0 Å². The predicted octanol–water partition coefficient (Wildman–Crippen LogP) is -0.881. The Balaban J connectivity index is 2.18. The normalized spacial score (nSPS) is 23.9. The lowest BCUT2D eigenvalue weighted by Gasteiger charge is -2.19. The Hall–Kier alpha value is -1.96. The second kappa shape index (κ2) is 4.50. The van der Waals surface area contributed by atoms with Crippen LogP contribution in [0.5, 0.6) is 0 Å². The molecular weight excluding hydrogens is 228 g/mol. The van der Waals surface area contributed by atoms with E-state index in [2.05, 4.69) is 15.4 Å². The average Bonchev–Trinajstić information content (AvgIpc) is 2.97. The molecule has 1 saturated heterocycles. The number of carbonyl (C=O) groups excluding carboxylic acids is 1. The van der Waals surface area contributed by atoms with Gasteiger partial charge < -0.3 is 14.7 Å². The predicted molar refractivity (Wildman–Crippen MR) is 54.3 cm³/mol. The first-order valence-corrected chi connectivity index (χ1v) is 5.05. The molecule has 1 aromatic rings. The first-order chi connectivity index (χ1) is 8.13. The highest BCUT2D eigenvalue weighted by atomic mass is 16.5. The van der Waals surface area contributed by atoms with Crippen molar-refractivity contribution >= 4 is 11.9 Å². The van der Waals surface area contributed by atoms with E-state index in [1.807, 2.05) is 0 Å². The van der Waals surface area contributed by atoms with Crippen molar-refractivity contribution in [3.05, 3.63) is 11.9 Å². The number of ether oxygens (including phenoxy) is 1. The fourth-order valence-electron chi connectivity index (χ4n) is 1.88. The Bertz CT molecular complexity index is 419. The number of aromatic nitrogens is 3. The van der Waals surface area contributed by atoms with Crippen LogP contribution in [0.15, 0.2) is 6.20 Å². The molecule has 0 aromatic carbocycles. The second-order valence-electron chi connectivity index (χ2n) is 3.76. The molecule has 92 valence electrons. The van der Waals surface area contributed by atoms with Gasteiger partial charge in [0.15, 0.2) is 5.69 Å². The molecule has 8 heteroatoms. The van der Waals surface area contributed by atoms with Crippen molar-refractivity contribution in [3.63, 3.8) is 0 Å². The summed E-state index contributed by atoms with van der Waals surface area (Å²) < 4.78 is 5.09. The van der Waals surface area contributed by atoms with Crippen LogP contribution in [0.3, 0.4) is 0 Å². The van der Waals surface area contributed by atoms with Crippen LogP contribution in [0, 0.1) is 0 Å². The molecule has 0 spiro atoms. The van der Waals surface area contributed by atoms with Gasteiger partial charge in [-0.15, -0.1) is 0 Å². The number of amides is 1. The SMILES string of the molecule is COC1CC(C(=O)O)N(C(=O)c2cn[nH]n2)C1. The third-order valence-corrected chi connectivity index (χ3v) is 2.78. The van der Waals surface area contributed by atoms with Crippen molar-refractivity contribution in [2.24, 2.45) is 0 Å². The van der Waals surface area contributed by atoms with Gasteiger partial charge in [0.2, 0.25) is 0 Å². The number of aliphatic carboxylic acids is 1. The number of carboxylic acids is 1. The van der Waals surface area contributed by atoms with Gasteiger partial charge in [-0.2, -0.15) is 15.4 Å². The van der Waals surface area contributed by atoms with Crippen molar-refractivity contribution < 1.29 is 19.4 Å². The zero-order valence-electron chi connectivity index (χ0n) is 9.16. The van der Waals surface area contributed by atoms with Crippen LogP contribution in [0.25, 0.3) is 0 Å². The van der Waals surface area contributed by atoms with E-state index in [1.54, 1.807) is 0 Å². The molecule has 0 saturated carbocycles. The van der Waals surface area contributed by atoms with Gasteiger partial charge in [0.25, 0.3) is 5.91 Å². The van der Waals surface area contributed by atoms with Crippen LogP contribution in [-0.2, 0) is 9.53 Å². The highest BCUT2D eigenvalue weighted by molar-refractivity contribution is 5.95. The lowest BCUT2D eigenvalue weighted by Crippen LogP contribution is -2.40. The number of likely N-dealkylation sites (tertiary alicyclic amines) is 1. The summed E-state index contributed by atoms with van der Waals surface area (Å²) in [5.74, 6) is -1.49. The van der Waals surface area contributed by atoms with Gasteiger partial charge in [0.05, 0.1) is 12.3 Å². The Labute approximate surface area is 96.6 Å². The Kier molecular flexibility index (Phi) is 3.05. The van der Waals surface area contributed by atoms with Crippen molar-refractivity contribution in [2.75, 3.05) is 13.7 Å². The van der Waals surface area contributed by atoms with Gasteiger partial charge in [0, 0.05) is 20.1 Å². The monoisotopic (exact) mass is 240 g/mol. The molecule has 0 bridgehead atoms. The highest BCUT2D eigenvalue weighted by Crippen LogP contribution is 2.21. The van der Waals surface area contributed by atoms with Gasteiger partial charge in [-0.3, -0.25) is 4.79 Å². The molecule has 2 unspecified atom stereocenters. The number of nitrogens with zero attached hydrogens (tertiary/aromatic N) is 3. The number of aromatic amines is 1. The highest BCUT2D eigenvalue weighted by Gasteiger charge is 2.40. The molecule has 2 atom stereocenters. The fraction of sp³-hybridized carbons (Fsp3) is 0.556. The van der Waals surface area contributed by atoms with Gasteiger partial charge in [-0.1, -0.05) is 0 Å². The lowest BCUT2D eigenvalue weighted by atomic mass is 10.2. The van der Waals surface area contributed by atoms with Crippen molar-refractivity contribution in [3.8, 4) is 0 Å². The van der Waals surface area contributed by atoms with Crippen molar-refractivity contribution in [1.82, 2.24) is 20.3 Å². The molecule has 1 aromatic heterocycles. The Morgan fingerprint density at radius 2 is 2.41 bits per heavy atom. The lowest BCUT2D eigenvalue weighted by molar-refractivity contribution is -0.141. The van der Waals surface area contributed by atoms with Crippen LogP contribution in [0.4, 0.5) is 0 Å². The van der Waals surface area contributed by atoms with Crippen LogP contribution >= 0.6 is 0 Å². The van der Waals surface area contributed by atoms with Crippen LogP contribution in [-0.4, -0.2) is 63.1 Å². The van der Waals surface area contributed by atoms with Crippen molar-refractivity contribution in [2.45, 2.75) is 18.6 Å². The van der Waals surface area contributed by atoms with E-state index in [-0.39, 0.29) is 24.8 Å². The molecule has 0 aliphatic carbocycles. The second-order valence-corrected chi connectivity index (χ2v) is 3.76. The standard InChI is InChI=1S/C9H12N4O4/c1-17-5-2-7(9(15)16)13(4-5)8(14)6-3-10-12-11-6/h3,5,7H,2,4H2,1H3,(H,15,16)(H,10,11,12). The van der Waals surface area contributed by atoms with E-state index in [9.17, 15) is 9.59 Å². The Morgan fingerprint density at radius 1 is 1.65 bits per heavy atom. The zero-order chi connectivity index (χ0) is 12.4. The van der Waals surface area contributed by atoms with Gasteiger partial charge in [0.1, 0.15) is 6.04 Å². The maximum Gasteiger partial charge on any atom is 0.326 e. The number of rotatable bonds is 3. The minimum atomic E-state index is -1.04. The first-order valence-electron chi connectivity index (χ1n) is 5.05. The molecule has 1 aliphatic rings. The largest absolute Gasteiger partial charge is 0.480 e. The van der Waals surface area contributed by atoms with E-state index in [4.69, 9.17) is 9.84 Å².